The van der Waals surface area contributed by atoms with Crippen molar-refractivity contribution in [1.82, 2.24) is 0 Å². The number of para-hydroxylation sites is 1. The molecule has 1 aliphatic rings. The summed E-state index contributed by atoms with van der Waals surface area (Å²) in [4.78, 5) is 25.6. The second-order valence-corrected chi connectivity index (χ2v) is 4.86. The van der Waals surface area contributed by atoms with Gasteiger partial charge in [0.15, 0.2) is 0 Å². The van der Waals surface area contributed by atoms with Crippen molar-refractivity contribution < 1.29 is 14.3 Å². The number of carbonyl (C=O) groups excluding carboxylic acids is 2. The second-order valence-electron chi connectivity index (χ2n) is 4.86. The van der Waals surface area contributed by atoms with E-state index < -0.39 is 12.0 Å². The lowest BCUT2D eigenvalue weighted by Gasteiger charge is -2.29. The van der Waals surface area contributed by atoms with Crippen molar-refractivity contribution in [2.75, 3.05) is 18.1 Å². The molecule has 108 valence electrons. The molecule has 0 fully saturated rings. The topological polar surface area (TPSA) is 72.6 Å². The predicted octanol–water partition coefficient (Wildman–Crippen LogP) is 1.25. The minimum Gasteiger partial charge on any atom is -0.465 e. The molecule has 1 amide bonds. The fourth-order valence-corrected chi connectivity index (χ4v) is 2.44. The van der Waals surface area contributed by atoms with E-state index in [1.807, 2.05) is 24.3 Å². The summed E-state index contributed by atoms with van der Waals surface area (Å²) < 4.78 is 4.94. The Kier molecular flexibility index (Phi) is 4.74. The van der Waals surface area contributed by atoms with E-state index in [1.54, 1.807) is 6.92 Å². The summed E-state index contributed by atoms with van der Waals surface area (Å²) >= 11 is 0. The summed E-state index contributed by atoms with van der Waals surface area (Å²) in [7, 11) is 0. The Morgan fingerprint density at radius 1 is 1.45 bits per heavy atom. The summed E-state index contributed by atoms with van der Waals surface area (Å²) in [6.07, 6.45) is 2.36. The third-order valence-electron chi connectivity index (χ3n) is 3.42. The monoisotopic (exact) mass is 276 g/mol. The predicted molar refractivity (Wildman–Crippen MR) is 76.3 cm³/mol. The van der Waals surface area contributed by atoms with Crippen molar-refractivity contribution in [3.63, 3.8) is 0 Å². The van der Waals surface area contributed by atoms with Gasteiger partial charge in [0.1, 0.15) is 6.54 Å². The van der Waals surface area contributed by atoms with E-state index in [1.165, 1.54) is 4.90 Å². The maximum absolute atomic E-state index is 12.4. The van der Waals surface area contributed by atoms with Crippen LogP contribution in [0.5, 0.6) is 0 Å². The molecule has 0 spiro atoms. The maximum Gasteiger partial charge on any atom is 0.326 e. The third-order valence-corrected chi connectivity index (χ3v) is 3.42. The highest BCUT2D eigenvalue weighted by Crippen LogP contribution is 2.25. The number of rotatable bonds is 3. The maximum atomic E-state index is 12.4. The van der Waals surface area contributed by atoms with Crippen LogP contribution in [-0.2, 0) is 20.7 Å². The number of anilines is 1. The number of esters is 1. The number of carbonyl (C=O) groups is 2. The lowest BCUT2D eigenvalue weighted by molar-refractivity contribution is -0.142. The highest BCUT2D eigenvalue weighted by molar-refractivity contribution is 6.01. The minimum absolute atomic E-state index is 0.0859. The van der Waals surface area contributed by atoms with Gasteiger partial charge >= 0.3 is 5.97 Å². The molecule has 1 aromatic rings. The number of ether oxygens (including phenoxy) is 1. The molecule has 1 aliphatic heterocycles. The first kappa shape index (κ1) is 14.5. The zero-order valence-corrected chi connectivity index (χ0v) is 11.7. The van der Waals surface area contributed by atoms with E-state index in [2.05, 4.69) is 0 Å². The summed E-state index contributed by atoms with van der Waals surface area (Å²) in [5.41, 5.74) is 7.73. The van der Waals surface area contributed by atoms with Gasteiger partial charge in [-0.15, -0.1) is 0 Å². The quantitative estimate of drug-likeness (QED) is 0.843. The van der Waals surface area contributed by atoms with Crippen LogP contribution < -0.4 is 10.6 Å². The number of amides is 1. The van der Waals surface area contributed by atoms with Crippen molar-refractivity contribution in [2.24, 2.45) is 5.73 Å². The lowest BCUT2D eigenvalue weighted by Crippen LogP contribution is -2.47. The number of hydrogen-bond acceptors (Lipinski definition) is 4. The van der Waals surface area contributed by atoms with Crippen LogP contribution in [-0.4, -0.2) is 31.1 Å². The molecule has 1 aromatic carbocycles. The van der Waals surface area contributed by atoms with Gasteiger partial charge in [-0.2, -0.15) is 0 Å². The van der Waals surface area contributed by atoms with Gasteiger partial charge in [-0.25, -0.2) is 0 Å². The van der Waals surface area contributed by atoms with Crippen LogP contribution in [0.25, 0.3) is 0 Å². The van der Waals surface area contributed by atoms with E-state index in [9.17, 15) is 9.59 Å². The first-order valence-corrected chi connectivity index (χ1v) is 6.94. The molecule has 1 unspecified atom stereocenters. The van der Waals surface area contributed by atoms with Gasteiger partial charge in [-0.1, -0.05) is 18.2 Å². The molecule has 20 heavy (non-hydrogen) atoms. The van der Waals surface area contributed by atoms with Crippen molar-refractivity contribution in [2.45, 2.75) is 32.2 Å². The first-order valence-electron chi connectivity index (χ1n) is 6.94. The molecule has 0 bridgehead atoms. The zero-order valence-electron chi connectivity index (χ0n) is 11.7. The fourth-order valence-electron chi connectivity index (χ4n) is 2.44. The molecule has 1 atom stereocenters. The summed E-state index contributed by atoms with van der Waals surface area (Å²) in [5.74, 6) is -0.631. The molecule has 5 heteroatoms. The molecule has 2 N–H and O–H groups in total. The van der Waals surface area contributed by atoms with Crippen LogP contribution in [0.2, 0.25) is 0 Å². The molecule has 0 saturated heterocycles. The van der Waals surface area contributed by atoms with E-state index in [-0.39, 0.29) is 12.5 Å². The Bertz CT molecular complexity index is 502. The molecule has 2 rings (SSSR count). The van der Waals surface area contributed by atoms with Gasteiger partial charge < -0.3 is 10.5 Å². The van der Waals surface area contributed by atoms with Crippen LogP contribution in [0.3, 0.4) is 0 Å². The van der Waals surface area contributed by atoms with Gasteiger partial charge in [0, 0.05) is 5.69 Å². The number of nitrogens with zero attached hydrogens (tertiary/aromatic N) is 1. The summed E-state index contributed by atoms with van der Waals surface area (Å²) in [6.45, 7) is 1.96. The highest BCUT2D eigenvalue weighted by Gasteiger charge is 2.28. The Labute approximate surface area is 118 Å². The van der Waals surface area contributed by atoms with Crippen molar-refractivity contribution >= 4 is 17.6 Å². The average molecular weight is 276 g/mol. The molecule has 0 saturated carbocycles. The Morgan fingerprint density at radius 3 is 2.95 bits per heavy atom. The van der Waals surface area contributed by atoms with Gasteiger partial charge in [0.25, 0.3) is 0 Å². The molecule has 5 nitrogen and oxygen atoms in total. The Balaban J connectivity index is 2.32. The van der Waals surface area contributed by atoms with Gasteiger partial charge in [0.05, 0.1) is 12.6 Å². The third kappa shape index (κ3) is 3.17. The Morgan fingerprint density at radius 2 is 2.20 bits per heavy atom. The van der Waals surface area contributed by atoms with Crippen LogP contribution >= 0.6 is 0 Å². The largest absolute Gasteiger partial charge is 0.465 e. The smallest absolute Gasteiger partial charge is 0.326 e. The fraction of sp³-hybridized carbons (Fsp3) is 0.467. The van der Waals surface area contributed by atoms with E-state index >= 15 is 0 Å². The zero-order chi connectivity index (χ0) is 14.5. The van der Waals surface area contributed by atoms with Crippen molar-refractivity contribution in [3.05, 3.63) is 29.8 Å². The van der Waals surface area contributed by atoms with Crippen LogP contribution in [0.1, 0.15) is 25.3 Å². The second kappa shape index (κ2) is 6.52. The summed E-state index contributed by atoms with van der Waals surface area (Å²) in [5, 5.41) is 0. The van der Waals surface area contributed by atoms with Crippen LogP contribution in [0.15, 0.2) is 24.3 Å². The standard InChI is InChI=1S/C15H20N2O3/c1-2-20-14(18)10-17-13-9-4-3-6-11(13)7-5-8-12(16)15(17)19/h3-4,6,9,12H,2,5,7-8,10,16H2,1H3. The SMILES string of the molecule is CCOC(=O)CN1C(=O)C(N)CCCc2ccccc21. The van der Waals surface area contributed by atoms with Gasteiger partial charge in [-0.05, 0) is 37.8 Å². The lowest BCUT2D eigenvalue weighted by atomic mass is 9.99. The molecular weight excluding hydrogens is 256 g/mol. The minimum atomic E-state index is -0.558. The van der Waals surface area contributed by atoms with Crippen LogP contribution in [0, 0.1) is 0 Å². The van der Waals surface area contributed by atoms with Gasteiger partial charge in [0.2, 0.25) is 5.91 Å². The van der Waals surface area contributed by atoms with Crippen molar-refractivity contribution in [3.8, 4) is 0 Å². The van der Waals surface area contributed by atoms with Crippen LogP contribution in [0.4, 0.5) is 5.69 Å². The molecule has 0 aliphatic carbocycles. The number of aryl methyl sites for hydroxylation is 1. The molecule has 0 aromatic heterocycles. The molecule has 1 heterocycles. The number of benzene rings is 1. The number of fused-ring (bicyclic) bond motifs is 1. The molecule has 0 radical (unpaired) electrons. The highest BCUT2D eigenvalue weighted by atomic mass is 16.5. The Hall–Kier alpha value is -1.88. The molecular formula is C15H20N2O3. The first-order chi connectivity index (χ1) is 9.63. The number of hydrogen-bond donors (Lipinski definition) is 1. The normalized spacial score (nSPS) is 19.0. The van der Waals surface area contributed by atoms with Gasteiger partial charge in [-0.3, -0.25) is 14.5 Å². The van der Waals surface area contributed by atoms with E-state index in [4.69, 9.17) is 10.5 Å². The average Bonchev–Trinajstić information content (AvgIpc) is 2.44. The van der Waals surface area contributed by atoms with Crippen molar-refractivity contribution in [1.29, 1.82) is 0 Å². The number of nitrogens with two attached hydrogens (primary N) is 1. The van der Waals surface area contributed by atoms with E-state index in [0.717, 1.165) is 24.1 Å². The van der Waals surface area contributed by atoms with E-state index in [0.29, 0.717) is 13.0 Å². The summed E-state index contributed by atoms with van der Waals surface area (Å²) in [6, 6.07) is 7.07.